The lowest BCUT2D eigenvalue weighted by molar-refractivity contribution is -0.137. The topological polar surface area (TPSA) is 78.9 Å². The molecule has 0 saturated heterocycles. The number of urea groups is 1. The Kier molecular flexibility index (Phi) is 7.38. The van der Waals surface area contributed by atoms with Crippen molar-refractivity contribution in [2.24, 2.45) is 5.92 Å². The second-order valence-electron chi connectivity index (χ2n) is 6.01. The monoisotopic (exact) mass is 322 g/mol. The Balaban J connectivity index is 2.51. The number of amides is 2. The van der Waals surface area contributed by atoms with Crippen LogP contribution in [0.4, 0.5) is 4.79 Å². The first-order chi connectivity index (χ1) is 10.8. The number of ether oxygens (including phenoxy) is 1. The highest BCUT2D eigenvalue weighted by molar-refractivity contribution is 5.75. The zero-order valence-corrected chi connectivity index (χ0v) is 14.2. The highest BCUT2D eigenvalue weighted by atomic mass is 16.5. The Labute approximate surface area is 137 Å². The van der Waals surface area contributed by atoms with E-state index in [0.29, 0.717) is 12.5 Å². The van der Waals surface area contributed by atoms with E-state index < -0.39 is 5.97 Å². The molecule has 128 valence electrons. The SMILES string of the molecule is CC(C)COc1ccc(C(C)NC(=O)N(C)CCC(=O)O)cc1. The predicted molar refractivity (Wildman–Crippen MR) is 88.6 cm³/mol. The van der Waals surface area contributed by atoms with Crippen molar-refractivity contribution >= 4 is 12.0 Å². The van der Waals surface area contributed by atoms with Gasteiger partial charge in [-0.1, -0.05) is 26.0 Å². The summed E-state index contributed by atoms with van der Waals surface area (Å²) >= 11 is 0. The van der Waals surface area contributed by atoms with Crippen LogP contribution in [0.15, 0.2) is 24.3 Å². The fourth-order valence-corrected chi connectivity index (χ4v) is 1.86. The average molecular weight is 322 g/mol. The van der Waals surface area contributed by atoms with E-state index in [-0.39, 0.29) is 25.0 Å². The minimum atomic E-state index is -0.922. The molecule has 6 nitrogen and oxygen atoms in total. The fourth-order valence-electron chi connectivity index (χ4n) is 1.86. The maximum atomic E-state index is 12.0. The third-order valence-electron chi connectivity index (χ3n) is 3.31. The van der Waals surface area contributed by atoms with Crippen molar-refractivity contribution < 1.29 is 19.4 Å². The average Bonchev–Trinajstić information content (AvgIpc) is 2.50. The van der Waals surface area contributed by atoms with E-state index in [2.05, 4.69) is 19.2 Å². The summed E-state index contributed by atoms with van der Waals surface area (Å²) in [6.45, 7) is 6.91. The molecule has 1 atom stereocenters. The summed E-state index contributed by atoms with van der Waals surface area (Å²) in [5, 5.41) is 11.5. The van der Waals surface area contributed by atoms with Crippen LogP contribution in [0.2, 0.25) is 0 Å². The molecule has 0 aliphatic heterocycles. The van der Waals surface area contributed by atoms with E-state index in [4.69, 9.17) is 9.84 Å². The molecule has 0 heterocycles. The molecule has 0 fully saturated rings. The second kappa shape index (κ2) is 9.02. The van der Waals surface area contributed by atoms with Crippen LogP contribution in [-0.2, 0) is 4.79 Å². The number of carboxylic acid groups (broad SMARTS) is 1. The molecule has 0 aliphatic carbocycles. The van der Waals surface area contributed by atoms with Crippen LogP contribution < -0.4 is 10.1 Å². The zero-order chi connectivity index (χ0) is 17.4. The van der Waals surface area contributed by atoms with Gasteiger partial charge in [-0.3, -0.25) is 4.79 Å². The molecule has 2 N–H and O–H groups in total. The van der Waals surface area contributed by atoms with Gasteiger partial charge in [-0.15, -0.1) is 0 Å². The number of hydrogen-bond acceptors (Lipinski definition) is 3. The van der Waals surface area contributed by atoms with Crippen molar-refractivity contribution in [3.8, 4) is 5.75 Å². The Morgan fingerprint density at radius 2 is 1.83 bits per heavy atom. The molecule has 6 heteroatoms. The summed E-state index contributed by atoms with van der Waals surface area (Å²) in [5.41, 5.74) is 0.960. The lowest BCUT2D eigenvalue weighted by Crippen LogP contribution is -2.39. The first-order valence-corrected chi connectivity index (χ1v) is 7.75. The maximum Gasteiger partial charge on any atom is 0.317 e. The van der Waals surface area contributed by atoms with Crippen LogP contribution in [0.5, 0.6) is 5.75 Å². The van der Waals surface area contributed by atoms with Crippen molar-refractivity contribution in [2.75, 3.05) is 20.2 Å². The van der Waals surface area contributed by atoms with Crippen LogP contribution in [0.3, 0.4) is 0 Å². The van der Waals surface area contributed by atoms with E-state index in [9.17, 15) is 9.59 Å². The largest absolute Gasteiger partial charge is 0.493 e. The van der Waals surface area contributed by atoms with Gasteiger partial charge in [-0.25, -0.2) is 4.79 Å². The van der Waals surface area contributed by atoms with Gasteiger partial charge in [-0.2, -0.15) is 0 Å². The summed E-state index contributed by atoms with van der Waals surface area (Å²) in [4.78, 5) is 23.9. The molecule has 0 saturated carbocycles. The third-order valence-corrected chi connectivity index (χ3v) is 3.31. The van der Waals surface area contributed by atoms with Gasteiger partial charge in [0.25, 0.3) is 0 Å². The van der Waals surface area contributed by atoms with Crippen LogP contribution >= 0.6 is 0 Å². The molecule has 0 spiro atoms. The normalized spacial score (nSPS) is 11.9. The van der Waals surface area contributed by atoms with E-state index in [0.717, 1.165) is 11.3 Å². The Morgan fingerprint density at radius 1 is 1.22 bits per heavy atom. The Bertz CT molecular complexity index is 514. The maximum absolute atomic E-state index is 12.0. The van der Waals surface area contributed by atoms with Crippen molar-refractivity contribution in [1.82, 2.24) is 10.2 Å². The number of nitrogens with zero attached hydrogens (tertiary/aromatic N) is 1. The van der Waals surface area contributed by atoms with Crippen LogP contribution in [0.25, 0.3) is 0 Å². The smallest absolute Gasteiger partial charge is 0.317 e. The van der Waals surface area contributed by atoms with Crippen LogP contribution in [0.1, 0.15) is 38.8 Å². The minimum Gasteiger partial charge on any atom is -0.493 e. The van der Waals surface area contributed by atoms with Gasteiger partial charge in [0.2, 0.25) is 0 Å². The molecule has 1 rings (SSSR count). The lowest BCUT2D eigenvalue weighted by atomic mass is 10.1. The number of rotatable bonds is 8. The van der Waals surface area contributed by atoms with E-state index in [1.54, 1.807) is 7.05 Å². The van der Waals surface area contributed by atoms with Gasteiger partial charge in [0, 0.05) is 13.6 Å². The van der Waals surface area contributed by atoms with Crippen molar-refractivity contribution in [3.05, 3.63) is 29.8 Å². The third kappa shape index (κ3) is 7.04. The number of nitrogens with one attached hydrogen (secondary N) is 1. The molecule has 0 aromatic heterocycles. The minimum absolute atomic E-state index is 0.0693. The van der Waals surface area contributed by atoms with E-state index in [1.807, 2.05) is 31.2 Å². The van der Waals surface area contributed by atoms with E-state index in [1.165, 1.54) is 4.90 Å². The summed E-state index contributed by atoms with van der Waals surface area (Å²) < 4.78 is 5.62. The highest BCUT2D eigenvalue weighted by Crippen LogP contribution is 2.18. The number of carbonyl (C=O) groups is 2. The van der Waals surface area contributed by atoms with Crippen molar-refractivity contribution in [1.29, 1.82) is 0 Å². The summed E-state index contributed by atoms with van der Waals surface area (Å²) in [7, 11) is 1.58. The molecule has 0 radical (unpaired) electrons. The molecule has 0 aliphatic rings. The van der Waals surface area contributed by atoms with Gasteiger partial charge in [0.05, 0.1) is 19.1 Å². The Hall–Kier alpha value is -2.24. The number of carbonyl (C=O) groups excluding carboxylic acids is 1. The van der Waals surface area contributed by atoms with E-state index >= 15 is 0 Å². The molecule has 0 bridgehead atoms. The molecular weight excluding hydrogens is 296 g/mol. The first-order valence-electron chi connectivity index (χ1n) is 7.75. The predicted octanol–water partition coefficient (Wildman–Crippen LogP) is 2.90. The molecule has 1 aromatic rings. The fraction of sp³-hybridized carbons (Fsp3) is 0.529. The van der Waals surface area contributed by atoms with Crippen molar-refractivity contribution in [3.63, 3.8) is 0 Å². The summed E-state index contributed by atoms with van der Waals surface area (Å²) in [6.07, 6.45) is -0.0693. The molecule has 1 unspecified atom stereocenters. The van der Waals surface area contributed by atoms with Gasteiger partial charge in [0.1, 0.15) is 5.75 Å². The zero-order valence-electron chi connectivity index (χ0n) is 14.2. The van der Waals surface area contributed by atoms with Crippen molar-refractivity contribution in [2.45, 2.75) is 33.2 Å². The molecule has 2 amide bonds. The summed E-state index contributed by atoms with van der Waals surface area (Å²) in [5.74, 6) is 0.350. The highest BCUT2D eigenvalue weighted by Gasteiger charge is 2.14. The van der Waals surface area contributed by atoms with Crippen LogP contribution in [-0.4, -0.2) is 42.2 Å². The quantitative estimate of drug-likeness (QED) is 0.771. The van der Waals surface area contributed by atoms with Crippen LogP contribution in [0, 0.1) is 5.92 Å². The number of hydrogen-bond donors (Lipinski definition) is 2. The Morgan fingerprint density at radius 3 is 2.35 bits per heavy atom. The first kappa shape index (κ1) is 18.8. The second-order valence-corrected chi connectivity index (χ2v) is 6.01. The molecular formula is C17H26N2O4. The molecule has 1 aromatic carbocycles. The standard InChI is InChI=1S/C17H26N2O4/c1-12(2)11-23-15-7-5-14(6-8-15)13(3)18-17(22)19(4)10-9-16(20)21/h5-8,12-13H,9-11H2,1-4H3,(H,18,22)(H,20,21). The number of benzene rings is 1. The van der Waals surface area contributed by atoms with Gasteiger partial charge < -0.3 is 20.1 Å². The number of carboxylic acids is 1. The van der Waals surface area contributed by atoms with Gasteiger partial charge in [-0.05, 0) is 30.5 Å². The lowest BCUT2D eigenvalue weighted by Gasteiger charge is -2.21. The number of aliphatic carboxylic acids is 1. The van der Waals surface area contributed by atoms with Gasteiger partial charge in [0.15, 0.2) is 0 Å². The molecule has 23 heavy (non-hydrogen) atoms. The van der Waals surface area contributed by atoms with Gasteiger partial charge >= 0.3 is 12.0 Å². The summed E-state index contributed by atoms with van der Waals surface area (Å²) in [6, 6.07) is 7.13.